The second kappa shape index (κ2) is 7.50. The summed E-state index contributed by atoms with van der Waals surface area (Å²) in [4.78, 5) is 13.9. The first kappa shape index (κ1) is 18.7. The van der Waals surface area contributed by atoms with Crippen LogP contribution in [0.5, 0.6) is 5.75 Å². The Hall–Kier alpha value is -1.64. The number of benzene rings is 1. The van der Waals surface area contributed by atoms with Gasteiger partial charge in [0.15, 0.2) is 6.61 Å². The number of ether oxygens (including phenoxy) is 1. The zero-order chi connectivity index (χ0) is 17.9. The predicted molar refractivity (Wildman–Crippen MR) is 92.2 cm³/mol. The number of rotatable bonds is 5. The van der Waals surface area contributed by atoms with E-state index in [1.54, 1.807) is 4.90 Å². The van der Waals surface area contributed by atoms with E-state index < -0.39 is 10.2 Å². The number of nitrogens with zero attached hydrogens (tertiary/aromatic N) is 3. The van der Waals surface area contributed by atoms with E-state index in [0.29, 0.717) is 31.9 Å². The van der Waals surface area contributed by atoms with Crippen LogP contribution >= 0.6 is 0 Å². The van der Waals surface area contributed by atoms with Gasteiger partial charge >= 0.3 is 0 Å². The van der Waals surface area contributed by atoms with Crippen LogP contribution < -0.4 is 4.74 Å². The monoisotopic (exact) mass is 355 g/mol. The van der Waals surface area contributed by atoms with Crippen LogP contribution in [-0.4, -0.2) is 74.7 Å². The van der Waals surface area contributed by atoms with Crippen LogP contribution in [0, 0.1) is 13.8 Å². The second-order valence-electron chi connectivity index (χ2n) is 6.13. The van der Waals surface area contributed by atoms with Crippen molar-refractivity contribution in [3.8, 4) is 5.75 Å². The Kier molecular flexibility index (Phi) is 5.84. The van der Waals surface area contributed by atoms with Gasteiger partial charge in [0.25, 0.3) is 16.1 Å². The summed E-state index contributed by atoms with van der Waals surface area (Å²) in [5, 5.41) is 0. The first-order valence-electron chi connectivity index (χ1n) is 7.87. The highest BCUT2D eigenvalue weighted by molar-refractivity contribution is 7.86. The molecule has 134 valence electrons. The number of hydrogen-bond acceptors (Lipinski definition) is 4. The molecule has 1 aromatic rings. The molecule has 0 aliphatic carbocycles. The molecule has 1 amide bonds. The summed E-state index contributed by atoms with van der Waals surface area (Å²) < 4.78 is 32.3. The number of carbonyl (C=O) groups is 1. The van der Waals surface area contributed by atoms with Crippen molar-refractivity contribution in [3.05, 3.63) is 29.3 Å². The lowest BCUT2D eigenvalue weighted by atomic mass is 10.1. The number of aryl methyl sites for hydroxylation is 2. The van der Waals surface area contributed by atoms with E-state index in [2.05, 4.69) is 0 Å². The largest absolute Gasteiger partial charge is 0.484 e. The molecular formula is C16H25N3O4S. The van der Waals surface area contributed by atoms with Gasteiger partial charge in [-0.3, -0.25) is 4.79 Å². The van der Waals surface area contributed by atoms with Crippen LogP contribution in [0.15, 0.2) is 18.2 Å². The molecule has 0 bridgehead atoms. The Bertz CT molecular complexity index is 695. The molecule has 1 fully saturated rings. The summed E-state index contributed by atoms with van der Waals surface area (Å²) in [5.41, 5.74) is 2.13. The maximum atomic E-state index is 12.3. The van der Waals surface area contributed by atoms with E-state index in [0.717, 1.165) is 11.1 Å². The fourth-order valence-electron chi connectivity index (χ4n) is 2.59. The molecular weight excluding hydrogens is 330 g/mol. The minimum atomic E-state index is -3.42. The van der Waals surface area contributed by atoms with Crippen LogP contribution in [0.1, 0.15) is 11.1 Å². The standard InChI is InChI=1S/C16H25N3O4S/c1-13-5-6-15(14(2)11-13)23-12-16(20)18-7-9-19(10-8-18)24(21,22)17(3)4/h5-6,11H,7-10,12H2,1-4H3. The van der Waals surface area contributed by atoms with Crippen LogP contribution in [0.2, 0.25) is 0 Å². The second-order valence-corrected chi connectivity index (χ2v) is 8.27. The lowest BCUT2D eigenvalue weighted by molar-refractivity contribution is -0.134. The summed E-state index contributed by atoms with van der Waals surface area (Å²) in [5.74, 6) is 0.569. The van der Waals surface area contributed by atoms with Gasteiger partial charge in [0.2, 0.25) is 0 Å². The number of amides is 1. The number of piperazine rings is 1. The minimum Gasteiger partial charge on any atom is -0.484 e. The Morgan fingerprint density at radius 2 is 1.79 bits per heavy atom. The molecule has 0 atom stereocenters. The molecule has 1 aliphatic rings. The molecule has 0 saturated carbocycles. The molecule has 0 unspecified atom stereocenters. The van der Waals surface area contributed by atoms with E-state index in [1.807, 2.05) is 32.0 Å². The average molecular weight is 355 g/mol. The average Bonchev–Trinajstić information content (AvgIpc) is 2.53. The van der Waals surface area contributed by atoms with Gasteiger partial charge < -0.3 is 9.64 Å². The molecule has 8 heteroatoms. The zero-order valence-electron chi connectivity index (χ0n) is 14.7. The smallest absolute Gasteiger partial charge is 0.281 e. The molecule has 1 saturated heterocycles. The Morgan fingerprint density at radius 3 is 2.33 bits per heavy atom. The molecule has 7 nitrogen and oxygen atoms in total. The van der Waals surface area contributed by atoms with E-state index >= 15 is 0 Å². The molecule has 2 rings (SSSR count). The van der Waals surface area contributed by atoms with Crippen molar-refractivity contribution in [2.75, 3.05) is 46.9 Å². The summed E-state index contributed by atoms with van der Waals surface area (Å²) >= 11 is 0. The molecule has 24 heavy (non-hydrogen) atoms. The lowest BCUT2D eigenvalue weighted by Crippen LogP contribution is -2.53. The Morgan fingerprint density at radius 1 is 1.17 bits per heavy atom. The first-order chi connectivity index (χ1) is 11.2. The summed E-state index contributed by atoms with van der Waals surface area (Å²) in [6.07, 6.45) is 0. The van der Waals surface area contributed by atoms with Crippen LogP contribution in [0.4, 0.5) is 0 Å². The maximum absolute atomic E-state index is 12.3. The number of hydrogen-bond donors (Lipinski definition) is 0. The van der Waals surface area contributed by atoms with E-state index in [4.69, 9.17) is 4.74 Å². The van der Waals surface area contributed by atoms with Crippen molar-refractivity contribution >= 4 is 16.1 Å². The summed E-state index contributed by atoms with van der Waals surface area (Å²) in [6, 6.07) is 5.81. The van der Waals surface area contributed by atoms with Gasteiger partial charge in [0.1, 0.15) is 5.75 Å². The highest BCUT2D eigenvalue weighted by Gasteiger charge is 2.30. The highest BCUT2D eigenvalue weighted by Crippen LogP contribution is 2.19. The van der Waals surface area contributed by atoms with Crippen LogP contribution in [-0.2, 0) is 15.0 Å². The van der Waals surface area contributed by atoms with Crippen molar-refractivity contribution in [2.24, 2.45) is 0 Å². The fourth-order valence-corrected chi connectivity index (χ4v) is 3.68. The van der Waals surface area contributed by atoms with Crippen LogP contribution in [0.3, 0.4) is 0 Å². The van der Waals surface area contributed by atoms with E-state index in [-0.39, 0.29) is 12.5 Å². The Labute approximate surface area is 144 Å². The third kappa shape index (κ3) is 4.25. The fraction of sp³-hybridized carbons (Fsp3) is 0.562. The van der Waals surface area contributed by atoms with E-state index in [9.17, 15) is 13.2 Å². The molecule has 0 N–H and O–H groups in total. The first-order valence-corrected chi connectivity index (χ1v) is 9.27. The summed E-state index contributed by atoms with van der Waals surface area (Å²) in [7, 11) is -0.407. The number of carbonyl (C=O) groups excluding carboxylic acids is 1. The maximum Gasteiger partial charge on any atom is 0.281 e. The zero-order valence-corrected chi connectivity index (χ0v) is 15.5. The van der Waals surface area contributed by atoms with Gasteiger partial charge in [-0.05, 0) is 25.5 Å². The van der Waals surface area contributed by atoms with Gasteiger partial charge in [-0.1, -0.05) is 17.7 Å². The lowest BCUT2D eigenvalue weighted by Gasteiger charge is -2.35. The minimum absolute atomic E-state index is 0.0374. The molecule has 0 radical (unpaired) electrons. The van der Waals surface area contributed by atoms with Gasteiger partial charge in [-0.25, -0.2) is 0 Å². The van der Waals surface area contributed by atoms with Gasteiger partial charge in [-0.15, -0.1) is 0 Å². The van der Waals surface area contributed by atoms with Gasteiger partial charge in [-0.2, -0.15) is 17.0 Å². The molecule has 1 aromatic carbocycles. The van der Waals surface area contributed by atoms with Gasteiger partial charge in [0, 0.05) is 40.3 Å². The quantitative estimate of drug-likeness (QED) is 0.777. The van der Waals surface area contributed by atoms with Gasteiger partial charge in [0.05, 0.1) is 0 Å². The van der Waals surface area contributed by atoms with Crippen molar-refractivity contribution < 1.29 is 17.9 Å². The molecule has 0 aromatic heterocycles. The Balaban J connectivity index is 1.87. The topological polar surface area (TPSA) is 70.2 Å². The van der Waals surface area contributed by atoms with E-state index in [1.165, 1.54) is 22.7 Å². The van der Waals surface area contributed by atoms with Crippen LogP contribution in [0.25, 0.3) is 0 Å². The van der Waals surface area contributed by atoms with Crippen molar-refractivity contribution in [1.29, 1.82) is 0 Å². The van der Waals surface area contributed by atoms with Crippen molar-refractivity contribution in [3.63, 3.8) is 0 Å². The molecule has 1 aliphatic heterocycles. The molecule has 1 heterocycles. The third-order valence-electron chi connectivity index (χ3n) is 4.06. The normalized spacial score (nSPS) is 16.5. The molecule has 0 spiro atoms. The predicted octanol–water partition coefficient (Wildman–Crippen LogP) is 0.633. The van der Waals surface area contributed by atoms with Crippen molar-refractivity contribution in [2.45, 2.75) is 13.8 Å². The SMILES string of the molecule is Cc1ccc(OCC(=O)N2CCN(S(=O)(=O)N(C)C)CC2)c(C)c1. The van der Waals surface area contributed by atoms with Crippen molar-refractivity contribution in [1.82, 2.24) is 13.5 Å². The highest BCUT2D eigenvalue weighted by atomic mass is 32.2. The summed E-state index contributed by atoms with van der Waals surface area (Å²) in [6.45, 7) is 5.27. The third-order valence-corrected chi connectivity index (χ3v) is 6.00.